The van der Waals surface area contributed by atoms with Crippen molar-refractivity contribution in [3.05, 3.63) is 34.3 Å². The minimum atomic E-state index is 1.04. The Hall–Kier alpha value is -0.380. The molecule has 0 fully saturated rings. The Morgan fingerprint density at radius 1 is 1.19 bits per heavy atom. The summed E-state index contributed by atoms with van der Waals surface area (Å²) in [6.07, 6.45) is 0. The van der Waals surface area contributed by atoms with Crippen LogP contribution in [-0.4, -0.2) is 31.1 Å². The monoisotopic (exact) mass is 284 g/mol. The van der Waals surface area contributed by atoms with Gasteiger partial charge in [0.05, 0.1) is 0 Å². The Balaban J connectivity index is 2.40. The number of rotatable bonds is 7. The van der Waals surface area contributed by atoms with Gasteiger partial charge < -0.3 is 5.32 Å². The maximum atomic E-state index is 3.46. The van der Waals surface area contributed by atoms with Crippen molar-refractivity contribution in [2.24, 2.45) is 0 Å². The zero-order chi connectivity index (χ0) is 11.8. The quantitative estimate of drug-likeness (QED) is 0.775. The maximum absolute atomic E-state index is 3.46. The van der Waals surface area contributed by atoms with E-state index in [-0.39, 0.29) is 0 Å². The molecule has 1 N–H and O–H groups in total. The summed E-state index contributed by atoms with van der Waals surface area (Å²) in [7, 11) is 0. The van der Waals surface area contributed by atoms with Crippen LogP contribution in [-0.2, 0) is 6.54 Å². The van der Waals surface area contributed by atoms with Crippen molar-refractivity contribution in [2.75, 3.05) is 26.2 Å². The van der Waals surface area contributed by atoms with Crippen molar-refractivity contribution in [1.29, 1.82) is 0 Å². The van der Waals surface area contributed by atoms with Crippen LogP contribution in [0, 0.1) is 0 Å². The molecule has 0 heterocycles. The summed E-state index contributed by atoms with van der Waals surface area (Å²) in [6.45, 7) is 9.73. The smallest absolute Gasteiger partial charge is 0.0234 e. The van der Waals surface area contributed by atoms with Crippen molar-refractivity contribution < 1.29 is 0 Å². The Bertz CT molecular complexity index is 284. The van der Waals surface area contributed by atoms with Gasteiger partial charge in [-0.3, -0.25) is 4.90 Å². The highest BCUT2D eigenvalue weighted by Crippen LogP contribution is 2.11. The molecular weight excluding hydrogens is 264 g/mol. The van der Waals surface area contributed by atoms with Crippen LogP contribution in [0.3, 0.4) is 0 Å². The molecule has 0 bridgehead atoms. The summed E-state index contributed by atoms with van der Waals surface area (Å²) in [5.41, 5.74) is 1.38. The van der Waals surface area contributed by atoms with E-state index in [0.717, 1.165) is 37.2 Å². The average Bonchev–Trinajstić information content (AvgIpc) is 2.31. The molecule has 2 nitrogen and oxygen atoms in total. The Morgan fingerprint density at radius 2 is 1.88 bits per heavy atom. The molecule has 0 unspecified atom stereocenters. The van der Waals surface area contributed by atoms with Crippen molar-refractivity contribution in [2.45, 2.75) is 20.4 Å². The highest BCUT2D eigenvalue weighted by Gasteiger charge is 2.02. The van der Waals surface area contributed by atoms with E-state index in [4.69, 9.17) is 0 Å². The predicted molar refractivity (Wildman–Crippen MR) is 73.6 cm³/mol. The lowest BCUT2D eigenvalue weighted by molar-refractivity contribution is 0.280. The predicted octanol–water partition coefficient (Wildman–Crippen LogP) is 2.88. The van der Waals surface area contributed by atoms with Crippen LogP contribution in [0.4, 0.5) is 0 Å². The molecule has 1 aromatic carbocycles. The van der Waals surface area contributed by atoms with Gasteiger partial charge in [-0.25, -0.2) is 0 Å². The standard InChI is InChI=1S/C13H21BrN2/c1-3-15-9-10-16(4-2)11-12-5-7-13(14)8-6-12/h5-8,15H,3-4,9-11H2,1-2H3. The minimum Gasteiger partial charge on any atom is -0.316 e. The molecule has 0 aliphatic carbocycles. The molecule has 0 atom stereocenters. The molecule has 0 aliphatic rings. The van der Waals surface area contributed by atoms with Crippen molar-refractivity contribution >= 4 is 15.9 Å². The molecule has 0 amide bonds. The summed E-state index contributed by atoms with van der Waals surface area (Å²) in [5.74, 6) is 0. The summed E-state index contributed by atoms with van der Waals surface area (Å²) in [5, 5.41) is 3.36. The molecule has 0 aromatic heterocycles. The fraction of sp³-hybridized carbons (Fsp3) is 0.538. The van der Waals surface area contributed by atoms with Gasteiger partial charge in [-0.05, 0) is 30.8 Å². The van der Waals surface area contributed by atoms with Gasteiger partial charge in [0.15, 0.2) is 0 Å². The lowest BCUT2D eigenvalue weighted by Gasteiger charge is -2.20. The van der Waals surface area contributed by atoms with Crippen molar-refractivity contribution in [3.63, 3.8) is 0 Å². The topological polar surface area (TPSA) is 15.3 Å². The normalized spacial score (nSPS) is 11.0. The van der Waals surface area contributed by atoms with Gasteiger partial charge in [0.2, 0.25) is 0 Å². The summed E-state index contributed by atoms with van der Waals surface area (Å²) in [6, 6.07) is 8.57. The molecule has 0 aliphatic heterocycles. The van der Waals surface area contributed by atoms with Crippen LogP contribution in [0.1, 0.15) is 19.4 Å². The Labute approximate surface area is 107 Å². The van der Waals surface area contributed by atoms with E-state index in [0.29, 0.717) is 0 Å². The lowest BCUT2D eigenvalue weighted by atomic mass is 10.2. The number of nitrogens with one attached hydrogen (secondary N) is 1. The van der Waals surface area contributed by atoms with Crippen LogP contribution in [0.5, 0.6) is 0 Å². The Kier molecular flexibility index (Phi) is 6.69. The summed E-state index contributed by atoms with van der Waals surface area (Å²) in [4.78, 5) is 2.45. The second kappa shape index (κ2) is 7.82. The molecule has 0 spiro atoms. The molecule has 0 saturated carbocycles. The number of benzene rings is 1. The van der Waals surface area contributed by atoms with E-state index in [1.165, 1.54) is 5.56 Å². The maximum Gasteiger partial charge on any atom is 0.0234 e. The molecular formula is C13H21BrN2. The Morgan fingerprint density at radius 3 is 2.44 bits per heavy atom. The van der Waals surface area contributed by atoms with Crippen LogP contribution >= 0.6 is 15.9 Å². The van der Waals surface area contributed by atoms with Gasteiger partial charge in [-0.15, -0.1) is 0 Å². The molecule has 0 radical (unpaired) electrons. The SMILES string of the molecule is CCNCCN(CC)Cc1ccc(Br)cc1. The highest BCUT2D eigenvalue weighted by molar-refractivity contribution is 9.10. The molecule has 16 heavy (non-hydrogen) atoms. The first-order valence-corrected chi connectivity index (χ1v) is 6.73. The molecule has 1 aromatic rings. The van der Waals surface area contributed by atoms with E-state index in [1.54, 1.807) is 0 Å². The highest BCUT2D eigenvalue weighted by atomic mass is 79.9. The lowest BCUT2D eigenvalue weighted by Crippen LogP contribution is -2.31. The number of hydrogen-bond donors (Lipinski definition) is 1. The minimum absolute atomic E-state index is 1.04. The second-order valence-electron chi connectivity index (χ2n) is 3.85. The van der Waals surface area contributed by atoms with Gasteiger partial charge in [0.25, 0.3) is 0 Å². The van der Waals surface area contributed by atoms with E-state index in [2.05, 4.69) is 64.3 Å². The van der Waals surface area contributed by atoms with Crippen LogP contribution in [0.15, 0.2) is 28.7 Å². The number of hydrogen-bond acceptors (Lipinski definition) is 2. The number of likely N-dealkylation sites (N-methyl/N-ethyl adjacent to an activating group) is 2. The zero-order valence-electron chi connectivity index (χ0n) is 10.2. The molecule has 1 rings (SSSR count). The van der Waals surface area contributed by atoms with E-state index >= 15 is 0 Å². The van der Waals surface area contributed by atoms with E-state index in [1.807, 2.05) is 0 Å². The zero-order valence-corrected chi connectivity index (χ0v) is 11.8. The largest absolute Gasteiger partial charge is 0.316 e. The van der Waals surface area contributed by atoms with Crippen LogP contribution < -0.4 is 5.32 Å². The van der Waals surface area contributed by atoms with E-state index < -0.39 is 0 Å². The van der Waals surface area contributed by atoms with Gasteiger partial charge >= 0.3 is 0 Å². The molecule has 90 valence electrons. The van der Waals surface area contributed by atoms with Gasteiger partial charge in [0, 0.05) is 24.1 Å². The first-order valence-electron chi connectivity index (χ1n) is 5.93. The fourth-order valence-corrected chi connectivity index (χ4v) is 1.88. The van der Waals surface area contributed by atoms with E-state index in [9.17, 15) is 0 Å². The third kappa shape index (κ3) is 5.10. The first-order chi connectivity index (χ1) is 7.76. The summed E-state index contributed by atoms with van der Waals surface area (Å²) < 4.78 is 1.15. The molecule has 0 saturated heterocycles. The first kappa shape index (κ1) is 13.7. The number of nitrogens with zero attached hydrogens (tertiary/aromatic N) is 1. The third-order valence-corrected chi connectivity index (χ3v) is 3.15. The van der Waals surface area contributed by atoms with Crippen molar-refractivity contribution in [3.8, 4) is 0 Å². The second-order valence-corrected chi connectivity index (χ2v) is 4.76. The van der Waals surface area contributed by atoms with Crippen LogP contribution in [0.25, 0.3) is 0 Å². The van der Waals surface area contributed by atoms with Gasteiger partial charge in [0.1, 0.15) is 0 Å². The average molecular weight is 285 g/mol. The third-order valence-electron chi connectivity index (χ3n) is 2.62. The number of halogens is 1. The van der Waals surface area contributed by atoms with Crippen molar-refractivity contribution in [1.82, 2.24) is 10.2 Å². The summed E-state index contributed by atoms with van der Waals surface area (Å²) >= 11 is 3.46. The van der Waals surface area contributed by atoms with Gasteiger partial charge in [-0.1, -0.05) is 41.9 Å². The molecule has 3 heteroatoms. The van der Waals surface area contributed by atoms with Crippen LogP contribution in [0.2, 0.25) is 0 Å². The fourth-order valence-electron chi connectivity index (χ4n) is 1.61. The van der Waals surface area contributed by atoms with Gasteiger partial charge in [-0.2, -0.15) is 0 Å².